The number of amides is 2. The quantitative estimate of drug-likeness (QED) is 0.873. The summed E-state index contributed by atoms with van der Waals surface area (Å²) >= 11 is 6.13. The molecule has 0 unspecified atom stereocenters. The van der Waals surface area contributed by atoms with Crippen LogP contribution in [0.4, 0.5) is 16.2 Å². The van der Waals surface area contributed by atoms with Crippen LogP contribution in [0.1, 0.15) is 18.1 Å². The third-order valence-electron chi connectivity index (χ3n) is 4.79. The van der Waals surface area contributed by atoms with Gasteiger partial charge in [0.2, 0.25) is 0 Å². The van der Waals surface area contributed by atoms with Gasteiger partial charge in [0.25, 0.3) is 0 Å². The average Bonchev–Trinajstić information content (AvgIpc) is 2.65. The van der Waals surface area contributed by atoms with Gasteiger partial charge in [-0.05, 0) is 42.7 Å². The lowest BCUT2D eigenvalue weighted by Crippen LogP contribution is -2.50. The molecule has 1 aliphatic rings. The first-order chi connectivity index (χ1) is 12.1. The Hall–Kier alpha value is -2.20. The van der Waals surface area contributed by atoms with E-state index in [4.69, 9.17) is 11.6 Å². The highest BCUT2D eigenvalue weighted by molar-refractivity contribution is 6.31. The third kappa shape index (κ3) is 3.90. The lowest BCUT2D eigenvalue weighted by Gasteiger charge is -2.37. The van der Waals surface area contributed by atoms with Gasteiger partial charge < -0.3 is 15.1 Å². The minimum atomic E-state index is -0.0613. The van der Waals surface area contributed by atoms with Crippen molar-refractivity contribution >= 4 is 29.0 Å². The number of nitrogens with one attached hydrogen (secondary N) is 1. The maximum atomic E-state index is 12.6. The number of benzene rings is 2. The summed E-state index contributed by atoms with van der Waals surface area (Å²) in [5.74, 6) is 0. The van der Waals surface area contributed by atoms with E-state index in [1.165, 1.54) is 11.3 Å². The standard InChI is InChI=1S/C20H24ClN3O/c1-3-16-7-4-5-10-19(16)23-11-13-24(14-12-23)20(25)22-18-9-6-8-17(21)15(18)2/h4-10H,3,11-14H2,1-2H3,(H,22,25). The molecular weight excluding hydrogens is 334 g/mol. The Bertz CT molecular complexity index is 754. The Kier molecular flexibility index (Phi) is 5.49. The molecule has 2 amide bonds. The van der Waals surface area contributed by atoms with Gasteiger partial charge in [-0.3, -0.25) is 0 Å². The van der Waals surface area contributed by atoms with E-state index in [1.54, 1.807) is 0 Å². The van der Waals surface area contributed by atoms with Crippen LogP contribution in [-0.2, 0) is 6.42 Å². The number of rotatable bonds is 3. The van der Waals surface area contributed by atoms with E-state index in [2.05, 4.69) is 41.4 Å². The van der Waals surface area contributed by atoms with Gasteiger partial charge >= 0.3 is 6.03 Å². The first kappa shape index (κ1) is 17.6. The second-order valence-corrected chi connectivity index (χ2v) is 6.71. The number of halogens is 1. The number of nitrogens with zero attached hydrogens (tertiary/aromatic N) is 2. The molecule has 2 aromatic carbocycles. The second kappa shape index (κ2) is 7.79. The highest BCUT2D eigenvalue weighted by Crippen LogP contribution is 2.24. The van der Waals surface area contributed by atoms with Crippen molar-refractivity contribution in [2.45, 2.75) is 20.3 Å². The number of hydrogen-bond donors (Lipinski definition) is 1. The van der Waals surface area contributed by atoms with Crippen LogP contribution in [0.3, 0.4) is 0 Å². The molecular formula is C20H24ClN3O. The molecule has 132 valence electrons. The summed E-state index contributed by atoms with van der Waals surface area (Å²) in [5.41, 5.74) is 4.31. The second-order valence-electron chi connectivity index (χ2n) is 6.30. The Labute approximate surface area is 154 Å². The number of aryl methyl sites for hydroxylation is 1. The van der Waals surface area contributed by atoms with Crippen LogP contribution in [0.2, 0.25) is 5.02 Å². The zero-order valence-corrected chi connectivity index (χ0v) is 15.5. The van der Waals surface area contributed by atoms with E-state index in [-0.39, 0.29) is 6.03 Å². The van der Waals surface area contributed by atoms with Gasteiger partial charge in [0.05, 0.1) is 0 Å². The van der Waals surface area contributed by atoms with Crippen LogP contribution >= 0.6 is 11.6 Å². The molecule has 25 heavy (non-hydrogen) atoms. The average molecular weight is 358 g/mol. The zero-order chi connectivity index (χ0) is 17.8. The van der Waals surface area contributed by atoms with Crippen molar-refractivity contribution in [2.75, 3.05) is 36.4 Å². The molecule has 1 fully saturated rings. The van der Waals surface area contributed by atoms with Gasteiger partial charge in [-0.2, -0.15) is 0 Å². The van der Waals surface area contributed by atoms with Crippen LogP contribution in [0, 0.1) is 6.92 Å². The molecule has 0 aliphatic carbocycles. The van der Waals surface area contributed by atoms with Crippen molar-refractivity contribution in [2.24, 2.45) is 0 Å². The molecule has 0 radical (unpaired) electrons. The normalized spacial score (nSPS) is 14.5. The molecule has 0 atom stereocenters. The van der Waals surface area contributed by atoms with Crippen LogP contribution in [0.25, 0.3) is 0 Å². The Morgan fingerprint density at radius 1 is 1.08 bits per heavy atom. The number of hydrogen-bond acceptors (Lipinski definition) is 2. The molecule has 4 nitrogen and oxygen atoms in total. The van der Waals surface area contributed by atoms with Crippen LogP contribution in [0.15, 0.2) is 42.5 Å². The van der Waals surface area contributed by atoms with E-state index < -0.39 is 0 Å². The minimum absolute atomic E-state index is 0.0613. The van der Waals surface area contributed by atoms with Crippen molar-refractivity contribution in [3.8, 4) is 0 Å². The molecule has 3 rings (SSSR count). The predicted molar refractivity (Wildman–Crippen MR) is 105 cm³/mol. The molecule has 1 saturated heterocycles. The monoisotopic (exact) mass is 357 g/mol. The van der Waals surface area contributed by atoms with Crippen LogP contribution in [-0.4, -0.2) is 37.1 Å². The fourth-order valence-electron chi connectivity index (χ4n) is 3.21. The van der Waals surface area contributed by atoms with E-state index in [9.17, 15) is 4.79 Å². The lowest BCUT2D eigenvalue weighted by molar-refractivity contribution is 0.208. The first-order valence-corrected chi connectivity index (χ1v) is 9.12. The fourth-order valence-corrected chi connectivity index (χ4v) is 3.38. The smallest absolute Gasteiger partial charge is 0.321 e. The number of piperazine rings is 1. The van der Waals surface area contributed by atoms with Crippen molar-refractivity contribution in [3.63, 3.8) is 0 Å². The molecule has 2 aromatic rings. The summed E-state index contributed by atoms with van der Waals surface area (Å²) in [5, 5.41) is 3.65. The Morgan fingerprint density at radius 3 is 2.52 bits per heavy atom. The zero-order valence-electron chi connectivity index (χ0n) is 14.8. The van der Waals surface area contributed by atoms with E-state index in [0.29, 0.717) is 18.1 Å². The van der Waals surface area contributed by atoms with Crippen molar-refractivity contribution < 1.29 is 4.79 Å². The molecule has 1 N–H and O–H groups in total. The van der Waals surface area contributed by atoms with Gasteiger partial charge in [0.1, 0.15) is 0 Å². The van der Waals surface area contributed by atoms with Crippen molar-refractivity contribution in [1.29, 1.82) is 0 Å². The number of para-hydroxylation sites is 1. The van der Waals surface area contributed by atoms with Crippen molar-refractivity contribution in [1.82, 2.24) is 4.90 Å². The van der Waals surface area contributed by atoms with Gasteiger partial charge in [0.15, 0.2) is 0 Å². The van der Waals surface area contributed by atoms with E-state index in [0.717, 1.165) is 30.8 Å². The molecule has 5 heteroatoms. The summed E-state index contributed by atoms with van der Waals surface area (Å²) in [7, 11) is 0. The van der Waals surface area contributed by atoms with Crippen molar-refractivity contribution in [3.05, 3.63) is 58.6 Å². The summed E-state index contributed by atoms with van der Waals surface area (Å²) in [4.78, 5) is 16.8. The lowest BCUT2D eigenvalue weighted by atomic mass is 10.1. The molecule has 1 heterocycles. The van der Waals surface area contributed by atoms with E-state index in [1.807, 2.05) is 30.0 Å². The summed E-state index contributed by atoms with van der Waals surface area (Å²) in [6.45, 7) is 7.21. The number of carbonyl (C=O) groups excluding carboxylic acids is 1. The molecule has 0 saturated carbocycles. The van der Waals surface area contributed by atoms with Gasteiger partial charge in [-0.15, -0.1) is 0 Å². The van der Waals surface area contributed by atoms with Crippen LogP contribution < -0.4 is 10.2 Å². The number of carbonyl (C=O) groups is 1. The predicted octanol–water partition coefficient (Wildman–Crippen LogP) is 4.56. The fraction of sp³-hybridized carbons (Fsp3) is 0.350. The molecule has 0 bridgehead atoms. The Morgan fingerprint density at radius 2 is 1.80 bits per heavy atom. The number of anilines is 2. The largest absolute Gasteiger partial charge is 0.368 e. The summed E-state index contributed by atoms with van der Waals surface area (Å²) in [6.07, 6.45) is 1.02. The summed E-state index contributed by atoms with van der Waals surface area (Å²) in [6, 6.07) is 14.0. The maximum absolute atomic E-state index is 12.6. The van der Waals surface area contributed by atoms with Gasteiger partial charge in [0, 0.05) is 42.6 Å². The minimum Gasteiger partial charge on any atom is -0.368 e. The van der Waals surface area contributed by atoms with Crippen LogP contribution in [0.5, 0.6) is 0 Å². The summed E-state index contributed by atoms with van der Waals surface area (Å²) < 4.78 is 0. The third-order valence-corrected chi connectivity index (χ3v) is 5.20. The number of urea groups is 1. The maximum Gasteiger partial charge on any atom is 0.321 e. The van der Waals surface area contributed by atoms with E-state index >= 15 is 0 Å². The van der Waals surface area contributed by atoms with Gasteiger partial charge in [-0.25, -0.2) is 4.79 Å². The molecule has 0 aromatic heterocycles. The topological polar surface area (TPSA) is 35.6 Å². The van der Waals surface area contributed by atoms with Gasteiger partial charge in [-0.1, -0.05) is 42.8 Å². The SMILES string of the molecule is CCc1ccccc1N1CCN(C(=O)Nc2cccc(Cl)c2C)CC1. The molecule has 0 spiro atoms. The highest BCUT2D eigenvalue weighted by Gasteiger charge is 2.22. The first-order valence-electron chi connectivity index (χ1n) is 8.74. The highest BCUT2D eigenvalue weighted by atomic mass is 35.5. The molecule has 1 aliphatic heterocycles. The Balaban J connectivity index is 1.62.